The molecule has 6 heteroatoms. The molecule has 1 atom stereocenters. The molecule has 3 rings (SSSR count). The fraction of sp³-hybridized carbons (Fsp3) is 0.667. The van der Waals surface area contributed by atoms with Gasteiger partial charge in [0.25, 0.3) is 0 Å². The fourth-order valence-corrected chi connectivity index (χ4v) is 5.41. The van der Waals surface area contributed by atoms with E-state index in [4.69, 9.17) is 4.74 Å². The molecule has 2 aliphatic heterocycles. The fourth-order valence-electron chi connectivity index (χ4n) is 3.77. The molecule has 2 heterocycles. The van der Waals surface area contributed by atoms with E-state index < -0.39 is 10.0 Å². The van der Waals surface area contributed by atoms with Gasteiger partial charge in [0.05, 0.1) is 31.1 Å². The molecule has 5 nitrogen and oxygen atoms in total. The van der Waals surface area contributed by atoms with Crippen LogP contribution in [0.5, 0.6) is 0 Å². The molecule has 0 unspecified atom stereocenters. The lowest BCUT2D eigenvalue weighted by Crippen LogP contribution is -3.15. The van der Waals surface area contributed by atoms with Crippen LogP contribution >= 0.6 is 0 Å². The molecular formula is C18H29N2O3S+. The molecule has 2 fully saturated rings. The first-order valence-corrected chi connectivity index (χ1v) is 10.4. The number of benzene rings is 1. The topological polar surface area (TPSA) is 51.0 Å². The van der Waals surface area contributed by atoms with E-state index in [0.717, 1.165) is 43.8 Å². The molecule has 0 amide bonds. The molecule has 0 spiro atoms. The Morgan fingerprint density at radius 2 is 1.96 bits per heavy atom. The van der Waals surface area contributed by atoms with E-state index in [9.17, 15) is 8.42 Å². The monoisotopic (exact) mass is 353 g/mol. The van der Waals surface area contributed by atoms with Crippen molar-refractivity contribution < 1.29 is 18.1 Å². The maximum atomic E-state index is 12.9. The third kappa shape index (κ3) is 3.99. The van der Waals surface area contributed by atoms with Gasteiger partial charge in [0, 0.05) is 6.61 Å². The summed E-state index contributed by atoms with van der Waals surface area (Å²) in [5.74, 6) is 0. The lowest BCUT2D eigenvalue weighted by atomic mass is 10.1. The van der Waals surface area contributed by atoms with Gasteiger partial charge in [-0.1, -0.05) is 17.7 Å². The van der Waals surface area contributed by atoms with Crippen LogP contribution in [0, 0.1) is 13.8 Å². The Morgan fingerprint density at radius 3 is 2.58 bits per heavy atom. The number of quaternary nitrogens is 1. The highest BCUT2D eigenvalue weighted by molar-refractivity contribution is 7.89. The second kappa shape index (κ2) is 7.52. The smallest absolute Gasteiger partial charge is 0.243 e. The van der Waals surface area contributed by atoms with Gasteiger partial charge in [0.2, 0.25) is 10.0 Å². The van der Waals surface area contributed by atoms with Gasteiger partial charge in [-0.15, -0.1) is 0 Å². The summed E-state index contributed by atoms with van der Waals surface area (Å²) >= 11 is 0. The number of sulfonamides is 1. The van der Waals surface area contributed by atoms with Gasteiger partial charge in [0.15, 0.2) is 0 Å². The van der Waals surface area contributed by atoms with Crippen molar-refractivity contribution in [1.29, 1.82) is 0 Å². The first-order chi connectivity index (χ1) is 11.5. The molecule has 24 heavy (non-hydrogen) atoms. The Labute approximate surface area is 145 Å². The predicted molar refractivity (Wildman–Crippen MR) is 93.8 cm³/mol. The molecule has 2 saturated heterocycles. The second-order valence-corrected chi connectivity index (χ2v) is 9.02. The maximum absolute atomic E-state index is 12.9. The second-order valence-electron chi connectivity index (χ2n) is 7.12. The van der Waals surface area contributed by atoms with Gasteiger partial charge in [-0.2, -0.15) is 4.31 Å². The lowest BCUT2D eigenvalue weighted by molar-refractivity contribution is -0.907. The van der Waals surface area contributed by atoms with E-state index in [1.54, 1.807) is 10.4 Å². The average molecular weight is 354 g/mol. The summed E-state index contributed by atoms with van der Waals surface area (Å²) in [5.41, 5.74) is 1.92. The quantitative estimate of drug-likeness (QED) is 0.870. The summed E-state index contributed by atoms with van der Waals surface area (Å²) in [7, 11) is -3.38. The number of piperazine rings is 1. The number of ether oxygens (including phenoxy) is 1. The predicted octanol–water partition coefficient (Wildman–Crippen LogP) is 0.762. The van der Waals surface area contributed by atoms with Crippen molar-refractivity contribution >= 4 is 10.0 Å². The highest BCUT2D eigenvalue weighted by Gasteiger charge is 2.32. The highest BCUT2D eigenvalue weighted by Crippen LogP contribution is 2.21. The van der Waals surface area contributed by atoms with Crippen molar-refractivity contribution in [2.24, 2.45) is 0 Å². The number of rotatable bonds is 4. The molecule has 2 aliphatic rings. The van der Waals surface area contributed by atoms with Crippen molar-refractivity contribution in [1.82, 2.24) is 4.31 Å². The molecule has 0 radical (unpaired) electrons. The molecule has 1 aromatic carbocycles. The van der Waals surface area contributed by atoms with Gasteiger partial charge in [-0.05, 0) is 44.7 Å². The van der Waals surface area contributed by atoms with Crippen LogP contribution in [0.2, 0.25) is 0 Å². The number of aryl methyl sites for hydroxylation is 2. The summed E-state index contributed by atoms with van der Waals surface area (Å²) in [6.07, 6.45) is 3.93. The van der Waals surface area contributed by atoms with Crippen LogP contribution in [0.25, 0.3) is 0 Å². The zero-order valence-corrected chi connectivity index (χ0v) is 15.6. The summed E-state index contributed by atoms with van der Waals surface area (Å²) in [6.45, 7) is 8.67. The van der Waals surface area contributed by atoms with E-state index in [-0.39, 0.29) is 0 Å². The minimum absolute atomic E-state index is 0.358. The number of hydrogen-bond acceptors (Lipinski definition) is 3. The van der Waals surface area contributed by atoms with Gasteiger partial charge >= 0.3 is 0 Å². The van der Waals surface area contributed by atoms with Crippen LogP contribution < -0.4 is 4.90 Å². The Balaban J connectivity index is 1.61. The van der Waals surface area contributed by atoms with Gasteiger partial charge in [-0.25, -0.2) is 8.42 Å². The third-order valence-electron chi connectivity index (χ3n) is 5.17. The first kappa shape index (κ1) is 17.9. The molecule has 0 aromatic heterocycles. The zero-order chi connectivity index (χ0) is 17.2. The van der Waals surface area contributed by atoms with E-state index in [0.29, 0.717) is 24.1 Å². The minimum Gasteiger partial charge on any atom is -0.372 e. The molecule has 1 N–H and O–H groups in total. The number of nitrogens with one attached hydrogen (secondary N) is 1. The van der Waals surface area contributed by atoms with E-state index in [1.165, 1.54) is 17.7 Å². The van der Waals surface area contributed by atoms with Crippen molar-refractivity contribution in [2.45, 2.75) is 44.1 Å². The van der Waals surface area contributed by atoms with Crippen molar-refractivity contribution in [3.63, 3.8) is 0 Å². The van der Waals surface area contributed by atoms with Crippen LogP contribution in [0.1, 0.15) is 30.4 Å². The normalized spacial score (nSPS) is 24.2. The summed E-state index contributed by atoms with van der Waals surface area (Å²) in [6, 6.07) is 5.56. The summed E-state index contributed by atoms with van der Waals surface area (Å²) < 4.78 is 33.3. The van der Waals surface area contributed by atoms with Crippen molar-refractivity contribution in [3.05, 3.63) is 29.3 Å². The molecule has 0 bridgehead atoms. The largest absolute Gasteiger partial charge is 0.372 e. The van der Waals surface area contributed by atoms with Crippen LogP contribution in [-0.2, 0) is 14.8 Å². The number of nitrogens with zero attached hydrogens (tertiary/aromatic N) is 1. The first-order valence-electron chi connectivity index (χ1n) is 8.99. The van der Waals surface area contributed by atoms with Gasteiger partial charge in [0.1, 0.15) is 12.6 Å². The molecule has 134 valence electrons. The van der Waals surface area contributed by atoms with Gasteiger partial charge < -0.3 is 9.64 Å². The van der Waals surface area contributed by atoms with E-state index in [2.05, 4.69) is 0 Å². The molecular weight excluding hydrogens is 324 g/mol. The lowest BCUT2D eigenvalue weighted by Gasteiger charge is -2.34. The Morgan fingerprint density at radius 1 is 1.21 bits per heavy atom. The molecule has 1 aromatic rings. The zero-order valence-electron chi connectivity index (χ0n) is 14.8. The van der Waals surface area contributed by atoms with Gasteiger partial charge in [-0.3, -0.25) is 0 Å². The highest BCUT2D eigenvalue weighted by atomic mass is 32.2. The average Bonchev–Trinajstić information content (AvgIpc) is 2.56. The van der Waals surface area contributed by atoms with E-state index >= 15 is 0 Å². The standard InChI is InChI=1S/C18H28N2O3S/c1-15-6-7-18(16(2)13-15)24(21,22)20-10-8-19(9-11-20)14-17-5-3-4-12-23-17/h6-7,13,17H,3-5,8-12,14H2,1-2H3/p+1/t17-/m0/s1. The maximum Gasteiger partial charge on any atom is 0.243 e. The van der Waals surface area contributed by atoms with E-state index in [1.807, 2.05) is 26.0 Å². The molecule has 0 saturated carbocycles. The minimum atomic E-state index is -3.38. The van der Waals surface area contributed by atoms with Crippen molar-refractivity contribution in [2.75, 3.05) is 39.3 Å². The Bertz CT molecular complexity index is 661. The SMILES string of the molecule is Cc1ccc(S(=O)(=O)N2CC[NH+](C[C@@H]3CCCCO3)CC2)c(C)c1. The number of hydrogen-bond donors (Lipinski definition) is 1. The van der Waals surface area contributed by atoms with Crippen LogP contribution in [-0.4, -0.2) is 58.2 Å². The van der Waals surface area contributed by atoms with Crippen LogP contribution in [0.15, 0.2) is 23.1 Å². The summed E-state index contributed by atoms with van der Waals surface area (Å²) in [5, 5.41) is 0. The summed E-state index contributed by atoms with van der Waals surface area (Å²) in [4.78, 5) is 1.92. The Hall–Kier alpha value is -0.950. The Kier molecular flexibility index (Phi) is 5.59. The third-order valence-corrected chi connectivity index (χ3v) is 7.23. The van der Waals surface area contributed by atoms with Crippen LogP contribution in [0.4, 0.5) is 0 Å². The van der Waals surface area contributed by atoms with Crippen molar-refractivity contribution in [3.8, 4) is 0 Å². The van der Waals surface area contributed by atoms with Crippen LogP contribution in [0.3, 0.4) is 0 Å². The molecule has 0 aliphatic carbocycles.